The maximum Gasteiger partial charge on any atom is 0.317 e. The molecular weight excluding hydrogens is 266 g/mol. The number of nitrogens with zero attached hydrogens (tertiary/aromatic N) is 1. The summed E-state index contributed by atoms with van der Waals surface area (Å²) in [4.78, 5) is 25.8. The van der Waals surface area contributed by atoms with Crippen LogP contribution in [-0.2, 0) is 4.79 Å². The molecule has 2 rings (SSSR count). The quantitative estimate of drug-likeness (QED) is 0.834. The van der Waals surface area contributed by atoms with Gasteiger partial charge in [0.15, 0.2) is 0 Å². The Kier molecular flexibility index (Phi) is 5.88. The van der Waals surface area contributed by atoms with Crippen molar-refractivity contribution in [3.05, 3.63) is 0 Å². The van der Waals surface area contributed by atoms with Crippen LogP contribution in [0.4, 0.5) is 4.79 Å². The van der Waals surface area contributed by atoms with Crippen molar-refractivity contribution in [3.8, 4) is 0 Å². The van der Waals surface area contributed by atoms with Crippen LogP contribution >= 0.6 is 0 Å². The van der Waals surface area contributed by atoms with E-state index >= 15 is 0 Å². The van der Waals surface area contributed by atoms with Crippen LogP contribution in [-0.4, -0.2) is 42.5 Å². The average Bonchev–Trinajstić information content (AvgIpc) is 2.90. The second-order valence-electron chi connectivity index (χ2n) is 6.88. The number of carbonyl (C=O) groups excluding carboxylic acids is 2. The standard InChI is InChI=1S/C16H29N3O2/c1-12-9-13(2)11-19(10-12)16(21)17-8-7-15(20)18-14-5-3-4-6-14/h12-14H,3-11H2,1-2H3,(H,17,21)(H,18,20). The maximum atomic E-state index is 12.1. The lowest BCUT2D eigenvalue weighted by Gasteiger charge is -2.34. The predicted octanol–water partition coefficient (Wildman–Crippen LogP) is 2.12. The van der Waals surface area contributed by atoms with Gasteiger partial charge >= 0.3 is 6.03 Å². The van der Waals surface area contributed by atoms with Crippen molar-refractivity contribution >= 4 is 11.9 Å². The molecule has 21 heavy (non-hydrogen) atoms. The summed E-state index contributed by atoms with van der Waals surface area (Å²) in [6.07, 6.45) is 6.19. The molecule has 1 saturated heterocycles. The molecule has 0 spiro atoms. The molecule has 0 aromatic carbocycles. The van der Waals surface area contributed by atoms with E-state index < -0.39 is 0 Å². The van der Waals surface area contributed by atoms with E-state index in [1.165, 1.54) is 19.3 Å². The first-order valence-corrected chi connectivity index (χ1v) is 8.36. The summed E-state index contributed by atoms with van der Waals surface area (Å²) < 4.78 is 0. The minimum atomic E-state index is -0.0259. The van der Waals surface area contributed by atoms with Crippen LogP contribution < -0.4 is 10.6 Å². The largest absolute Gasteiger partial charge is 0.353 e. The summed E-state index contributed by atoms with van der Waals surface area (Å²) in [6, 6.07) is 0.332. The van der Waals surface area contributed by atoms with E-state index in [4.69, 9.17) is 0 Å². The third kappa shape index (κ3) is 5.21. The number of carbonyl (C=O) groups is 2. The number of hydrogen-bond donors (Lipinski definition) is 2. The fourth-order valence-electron chi connectivity index (χ4n) is 3.59. The number of nitrogens with one attached hydrogen (secondary N) is 2. The molecule has 2 fully saturated rings. The van der Waals surface area contributed by atoms with Gasteiger partial charge in [0.05, 0.1) is 0 Å². The summed E-state index contributed by atoms with van der Waals surface area (Å²) >= 11 is 0. The van der Waals surface area contributed by atoms with Crippen molar-refractivity contribution in [1.29, 1.82) is 0 Å². The van der Waals surface area contributed by atoms with Crippen molar-refractivity contribution in [2.45, 2.75) is 58.4 Å². The highest BCUT2D eigenvalue weighted by atomic mass is 16.2. The zero-order valence-corrected chi connectivity index (χ0v) is 13.4. The van der Waals surface area contributed by atoms with E-state index in [2.05, 4.69) is 24.5 Å². The number of likely N-dealkylation sites (tertiary alicyclic amines) is 1. The number of piperidine rings is 1. The van der Waals surface area contributed by atoms with Gasteiger partial charge in [0.2, 0.25) is 5.91 Å². The lowest BCUT2D eigenvalue weighted by molar-refractivity contribution is -0.121. The average molecular weight is 295 g/mol. The van der Waals surface area contributed by atoms with Gasteiger partial charge in [0.25, 0.3) is 0 Å². The molecule has 0 aromatic heterocycles. The minimum absolute atomic E-state index is 0.0259. The lowest BCUT2D eigenvalue weighted by Crippen LogP contribution is -2.48. The minimum Gasteiger partial charge on any atom is -0.353 e. The molecular formula is C16H29N3O2. The van der Waals surface area contributed by atoms with Crippen LogP contribution in [0.25, 0.3) is 0 Å². The molecule has 1 saturated carbocycles. The van der Waals surface area contributed by atoms with Gasteiger partial charge in [-0.1, -0.05) is 26.7 Å². The van der Waals surface area contributed by atoms with Gasteiger partial charge in [-0.3, -0.25) is 4.79 Å². The first-order valence-electron chi connectivity index (χ1n) is 8.36. The summed E-state index contributed by atoms with van der Waals surface area (Å²) in [5.74, 6) is 1.18. The van der Waals surface area contributed by atoms with E-state index in [1.807, 2.05) is 4.90 Å². The highest BCUT2D eigenvalue weighted by Gasteiger charge is 2.25. The Morgan fingerprint density at radius 3 is 2.33 bits per heavy atom. The predicted molar refractivity (Wildman–Crippen MR) is 82.9 cm³/mol. The zero-order chi connectivity index (χ0) is 15.2. The van der Waals surface area contributed by atoms with Gasteiger partial charge in [-0.25, -0.2) is 4.79 Å². The molecule has 3 amide bonds. The van der Waals surface area contributed by atoms with E-state index in [1.54, 1.807) is 0 Å². The normalized spacial score (nSPS) is 26.7. The lowest BCUT2D eigenvalue weighted by atomic mass is 9.92. The fourth-order valence-corrected chi connectivity index (χ4v) is 3.59. The maximum absolute atomic E-state index is 12.1. The van der Waals surface area contributed by atoms with Crippen LogP contribution in [0.15, 0.2) is 0 Å². The Morgan fingerprint density at radius 1 is 1.10 bits per heavy atom. The van der Waals surface area contributed by atoms with Gasteiger partial charge in [-0.2, -0.15) is 0 Å². The molecule has 1 aliphatic carbocycles. The monoisotopic (exact) mass is 295 g/mol. The molecule has 5 nitrogen and oxygen atoms in total. The first-order chi connectivity index (χ1) is 10.0. The molecule has 2 N–H and O–H groups in total. The van der Waals surface area contributed by atoms with Crippen LogP contribution in [0.3, 0.4) is 0 Å². The highest BCUT2D eigenvalue weighted by molar-refractivity contribution is 5.78. The molecule has 1 aliphatic heterocycles. The van der Waals surface area contributed by atoms with Crippen molar-refractivity contribution in [2.75, 3.05) is 19.6 Å². The second-order valence-corrected chi connectivity index (χ2v) is 6.88. The van der Waals surface area contributed by atoms with Gasteiger partial charge in [0.1, 0.15) is 0 Å². The van der Waals surface area contributed by atoms with Crippen LogP contribution in [0.1, 0.15) is 52.4 Å². The molecule has 2 unspecified atom stereocenters. The topological polar surface area (TPSA) is 61.4 Å². The molecule has 0 radical (unpaired) electrons. The number of amides is 3. The highest BCUT2D eigenvalue weighted by Crippen LogP contribution is 2.20. The Morgan fingerprint density at radius 2 is 1.71 bits per heavy atom. The van der Waals surface area contributed by atoms with Crippen LogP contribution in [0.2, 0.25) is 0 Å². The number of rotatable bonds is 4. The van der Waals surface area contributed by atoms with Gasteiger partial charge < -0.3 is 15.5 Å². The van der Waals surface area contributed by atoms with Gasteiger partial charge in [0, 0.05) is 32.1 Å². The van der Waals surface area contributed by atoms with Crippen molar-refractivity contribution < 1.29 is 9.59 Å². The van der Waals surface area contributed by atoms with Crippen molar-refractivity contribution in [3.63, 3.8) is 0 Å². The number of hydrogen-bond acceptors (Lipinski definition) is 2. The van der Waals surface area contributed by atoms with Gasteiger partial charge in [-0.05, 0) is 31.1 Å². The van der Waals surface area contributed by atoms with E-state index in [0.717, 1.165) is 25.9 Å². The summed E-state index contributed by atoms with van der Waals surface area (Å²) in [6.45, 7) is 6.45. The summed E-state index contributed by atoms with van der Waals surface area (Å²) in [5.41, 5.74) is 0. The molecule has 2 atom stereocenters. The Balaban J connectivity index is 1.63. The third-order valence-corrected chi connectivity index (χ3v) is 4.50. The van der Waals surface area contributed by atoms with E-state index in [0.29, 0.717) is 30.8 Å². The third-order valence-electron chi connectivity index (χ3n) is 4.50. The summed E-state index contributed by atoms with van der Waals surface area (Å²) in [5, 5.41) is 5.92. The molecule has 0 bridgehead atoms. The first kappa shape index (κ1) is 16.1. The summed E-state index contributed by atoms with van der Waals surface area (Å²) in [7, 11) is 0. The number of urea groups is 1. The van der Waals surface area contributed by atoms with Gasteiger partial charge in [-0.15, -0.1) is 0 Å². The molecule has 1 heterocycles. The van der Waals surface area contributed by atoms with E-state index in [9.17, 15) is 9.59 Å². The fraction of sp³-hybridized carbons (Fsp3) is 0.875. The Bertz CT molecular complexity index is 357. The Hall–Kier alpha value is -1.26. The van der Waals surface area contributed by atoms with E-state index in [-0.39, 0.29) is 11.9 Å². The zero-order valence-electron chi connectivity index (χ0n) is 13.4. The molecule has 2 aliphatic rings. The van der Waals surface area contributed by atoms with Crippen molar-refractivity contribution in [1.82, 2.24) is 15.5 Å². The molecule has 120 valence electrons. The van der Waals surface area contributed by atoms with Crippen LogP contribution in [0.5, 0.6) is 0 Å². The Labute approximate surface area is 127 Å². The molecule has 0 aromatic rings. The molecule has 5 heteroatoms. The van der Waals surface area contributed by atoms with Crippen LogP contribution in [0, 0.1) is 11.8 Å². The smallest absolute Gasteiger partial charge is 0.317 e. The van der Waals surface area contributed by atoms with Crippen molar-refractivity contribution in [2.24, 2.45) is 11.8 Å². The second kappa shape index (κ2) is 7.66. The SMILES string of the molecule is CC1CC(C)CN(C(=O)NCCC(=O)NC2CCCC2)C1.